The van der Waals surface area contributed by atoms with Crippen molar-refractivity contribution in [2.45, 2.75) is 6.92 Å². The second-order valence-corrected chi connectivity index (χ2v) is 6.54. The van der Waals surface area contributed by atoms with Crippen molar-refractivity contribution in [3.63, 3.8) is 0 Å². The number of rotatable bonds is 4. The number of carbonyl (C=O) groups is 3. The largest absolute Gasteiger partial charge is 0.482 e. The molecule has 0 atom stereocenters. The number of carbonyl (C=O) groups excluding carboxylic acids is 3. The minimum atomic E-state index is -0.652. The Balaban J connectivity index is 1.50. The summed E-state index contributed by atoms with van der Waals surface area (Å²) in [6.07, 6.45) is 1.37. The Bertz CT molecular complexity index is 1170. The van der Waals surface area contributed by atoms with E-state index in [2.05, 4.69) is 16.0 Å². The second kappa shape index (κ2) is 7.70. The molecule has 0 unspecified atom stereocenters. The molecule has 0 saturated heterocycles. The van der Waals surface area contributed by atoms with E-state index in [0.29, 0.717) is 17.2 Å². The SMILES string of the molecule is Cc1occc1C(=O)Nc1cc(NC(=O)c2ccc3c(c2)OCC(=O)N3)ccc1F. The van der Waals surface area contributed by atoms with Crippen molar-refractivity contribution in [2.24, 2.45) is 0 Å². The minimum absolute atomic E-state index is 0.0881. The summed E-state index contributed by atoms with van der Waals surface area (Å²) in [6.45, 7) is 1.49. The monoisotopic (exact) mass is 409 g/mol. The lowest BCUT2D eigenvalue weighted by molar-refractivity contribution is -0.118. The number of halogens is 1. The van der Waals surface area contributed by atoms with Crippen LogP contribution in [0.15, 0.2) is 53.1 Å². The molecular weight excluding hydrogens is 393 g/mol. The highest BCUT2D eigenvalue weighted by Gasteiger charge is 2.19. The van der Waals surface area contributed by atoms with Gasteiger partial charge in [-0.25, -0.2) is 4.39 Å². The Labute approximate surface area is 170 Å². The number of benzene rings is 2. The van der Waals surface area contributed by atoms with E-state index in [1.807, 2.05) is 0 Å². The van der Waals surface area contributed by atoms with Crippen molar-refractivity contribution in [3.05, 3.63) is 71.4 Å². The van der Waals surface area contributed by atoms with Crippen LogP contribution in [-0.2, 0) is 4.79 Å². The molecule has 0 radical (unpaired) electrons. The third-order valence-corrected chi connectivity index (χ3v) is 4.45. The van der Waals surface area contributed by atoms with Crippen LogP contribution in [0, 0.1) is 12.7 Å². The normalized spacial score (nSPS) is 12.4. The Hall–Kier alpha value is -4.14. The number of amides is 3. The topological polar surface area (TPSA) is 110 Å². The Kier molecular flexibility index (Phi) is 4.93. The molecule has 0 bridgehead atoms. The third kappa shape index (κ3) is 3.86. The first-order valence-electron chi connectivity index (χ1n) is 8.94. The second-order valence-electron chi connectivity index (χ2n) is 6.54. The maximum atomic E-state index is 14.2. The fourth-order valence-electron chi connectivity index (χ4n) is 2.93. The molecule has 2 heterocycles. The molecule has 1 aliphatic heterocycles. The zero-order valence-electron chi connectivity index (χ0n) is 15.7. The predicted octanol–water partition coefficient (Wildman–Crippen LogP) is 3.56. The van der Waals surface area contributed by atoms with Crippen LogP contribution in [-0.4, -0.2) is 24.3 Å². The van der Waals surface area contributed by atoms with Gasteiger partial charge < -0.3 is 25.1 Å². The number of hydrogen-bond donors (Lipinski definition) is 3. The fourth-order valence-corrected chi connectivity index (χ4v) is 2.93. The van der Waals surface area contributed by atoms with E-state index < -0.39 is 17.6 Å². The summed E-state index contributed by atoms with van der Waals surface area (Å²) in [5.74, 6) is -1.13. The minimum Gasteiger partial charge on any atom is -0.482 e. The summed E-state index contributed by atoms with van der Waals surface area (Å²) in [7, 11) is 0. The van der Waals surface area contributed by atoms with E-state index >= 15 is 0 Å². The predicted molar refractivity (Wildman–Crippen MR) is 106 cm³/mol. The summed E-state index contributed by atoms with van der Waals surface area (Å²) >= 11 is 0. The molecule has 3 aromatic rings. The Morgan fingerprint density at radius 3 is 2.67 bits per heavy atom. The van der Waals surface area contributed by atoms with Crippen molar-refractivity contribution < 1.29 is 27.9 Å². The molecule has 3 N–H and O–H groups in total. The third-order valence-electron chi connectivity index (χ3n) is 4.45. The molecule has 4 rings (SSSR count). The first kappa shape index (κ1) is 19.2. The van der Waals surface area contributed by atoms with E-state index in [4.69, 9.17) is 9.15 Å². The maximum Gasteiger partial charge on any atom is 0.262 e. The van der Waals surface area contributed by atoms with Gasteiger partial charge in [-0.2, -0.15) is 0 Å². The lowest BCUT2D eigenvalue weighted by atomic mass is 10.1. The standard InChI is InChI=1S/C21H16FN3O5/c1-11-14(6-7-29-11)21(28)25-17-9-13(3-4-15(17)22)23-20(27)12-2-5-16-18(8-12)30-10-19(26)24-16/h2-9H,10H2,1H3,(H,23,27)(H,24,26)(H,25,28). The van der Waals surface area contributed by atoms with Gasteiger partial charge >= 0.3 is 0 Å². The van der Waals surface area contributed by atoms with Crippen LogP contribution < -0.4 is 20.7 Å². The molecule has 0 fully saturated rings. The summed E-state index contributed by atoms with van der Waals surface area (Å²) in [4.78, 5) is 36.2. The number of aryl methyl sites for hydroxylation is 1. The molecule has 152 valence electrons. The van der Waals surface area contributed by atoms with Crippen molar-refractivity contribution in [1.29, 1.82) is 0 Å². The van der Waals surface area contributed by atoms with E-state index in [0.717, 1.165) is 6.07 Å². The fraction of sp³-hybridized carbons (Fsp3) is 0.0952. The smallest absolute Gasteiger partial charge is 0.262 e. The summed E-state index contributed by atoms with van der Waals surface area (Å²) in [6, 6.07) is 9.89. The molecule has 30 heavy (non-hydrogen) atoms. The number of hydrogen-bond acceptors (Lipinski definition) is 5. The van der Waals surface area contributed by atoms with Crippen molar-refractivity contribution in [2.75, 3.05) is 22.6 Å². The van der Waals surface area contributed by atoms with E-state index in [1.54, 1.807) is 13.0 Å². The average Bonchev–Trinajstić information content (AvgIpc) is 3.16. The number of ether oxygens (including phenoxy) is 1. The number of fused-ring (bicyclic) bond motifs is 1. The number of nitrogens with one attached hydrogen (secondary N) is 3. The Morgan fingerprint density at radius 1 is 1.07 bits per heavy atom. The summed E-state index contributed by atoms with van der Waals surface area (Å²) < 4.78 is 24.5. The van der Waals surface area contributed by atoms with Crippen molar-refractivity contribution in [1.82, 2.24) is 0 Å². The molecule has 8 nitrogen and oxygen atoms in total. The van der Waals surface area contributed by atoms with E-state index in [9.17, 15) is 18.8 Å². The number of furan rings is 1. The first-order chi connectivity index (χ1) is 14.4. The molecule has 1 aromatic heterocycles. The lowest BCUT2D eigenvalue weighted by Gasteiger charge is -2.18. The molecule has 0 spiro atoms. The molecule has 1 aliphatic rings. The molecular formula is C21H16FN3O5. The zero-order valence-corrected chi connectivity index (χ0v) is 15.7. The van der Waals surface area contributed by atoms with Crippen LogP contribution in [0.25, 0.3) is 0 Å². The summed E-state index contributed by atoms with van der Waals surface area (Å²) in [5.41, 5.74) is 1.24. The first-order valence-corrected chi connectivity index (χ1v) is 8.94. The zero-order chi connectivity index (χ0) is 21.3. The van der Waals surface area contributed by atoms with Crippen LogP contribution >= 0.6 is 0 Å². The molecule has 2 aromatic carbocycles. The lowest BCUT2D eigenvalue weighted by Crippen LogP contribution is -2.25. The highest BCUT2D eigenvalue weighted by atomic mass is 19.1. The quantitative estimate of drug-likeness (QED) is 0.610. The van der Waals surface area contributed by atoms with Gasteiger partial charge in [0, 0.05) is 11.3 Å². The number of anilines is 3. The van der Waals surface area contributed by atoms with Crippen LogP contribution in [0.2, 0.25) is 0 Å². The van der Waals surface area contributed by atoms with Crippen molar-refractivity contribution in [3.8, 4) is 5.75 Å². The summed E-state index contributed by atoms with van der Waals surface area (Å²) in [5, 5.41) is 7.75. The van der Waals surface area contributed by atoms with Crippen molar-refractivity contribution >= 4 is 34.8 Å². The van der Waals surface area contributed by atoms with E-state index in [1.165, 1.54) is 36.6 Å². The average molecular weight is 409 g/mol. The van der Waals surface area contributed by atoms with Gasteiger partial charge in [0.1, 0.15) is 17.3 Å². The van der Waals surface area contributed by atoms with Crippen LogP contribution in [0.5, 0.6) is 5.75 Å². The van der Waals surface area contributed by atoms with Crippen LogP contribution in [0.3, 0.4) is 0 Å². The van der Waals surface area contributed by atoms with Crippen LogP contribution in [0.1, 0.15) is 26.5 Å². The highest BCUT2D eigenvalue weighted by molar-refractivity contribution is 6.07. The highest BCUT2D eigenvalue weighted by Crippen LogP contribution is 2.29. The van der Waals surface area contributed by atoms with Gasteiger partial charge in [-0.05, 0) is 49.4 Å². The maximum absolute atomic E-state index is 14.2. The van der Waals surface area contributed by atoms with Crippen LogP contribution in [0.4, 0.5) is 21.5 Å². The van der Waals surface area contributed by atoms with Gasteiger partial charge in [-0.3, -0.25) is 14.4 Å². The molecule has 0 aliphatic carbocycles. The van der Waals surface area contributed by atoms with Gasteiger partial charge in [-0.1, -0.05) is 0 Å². The Morgan fingerprint density at radius 2 is 1.90 bits per heavy atom. The molecule has 3 amide bonds. The van der Waals surface area contributed by atoms with Gasteiger partial charge in [0.25, 0.3) is 17.7 Å². The van der Waals surface area contributed by atoms with Gasteiger partial charge in [0.15, 0.2) is 6.61 Å². The van der Waals surface area contributed by atoms with E-state index in [-0.39, 0.29) is 35.0 Å². The molecule has 0 saturated carbocycles. The van der Waals surface area contributed by atoms with Gasteiger partial charge in [0.2, 0.25) is 0 Å². The van der Waals surface area contributed by atoms with Gasteiger partial charge in [-0.15, -0.1) is 0 Å². The van der Waals surface area contributed by atoms with Gasteiger partial charge in [0.05, 0.1) is 23.2 Å². The molecule has 9 heteroatoms.